The maximum atomic E-state index is 13.1. The normalized spacial score (nSPS) is 13.6. The molecule has 0 saturated carbocycles. The number of phenolic OH excluding ortho intramolecular Hbond substituents is 1. The average molecular weight is 558 g/mol. The molecule has 0 aliphatic rings. The Morgan fingerprint density at radius 2 is 1.20 bits per heavy atom. The summed E-state index contributed by atoms with van der Waals surface area (Å²) in [4.78, 5) is 73.0. The van der Waals surface area contributed by atoms with Crippen LogP contribution < -0.4 is 27.4 Å². The maximum Gasteiger partial charge on any atom is 0.326 e. The van der Waals surface area contributed by atoms with Crippen LogP contribution in [0, 0.1) is 0 Å². The van der Waals surface area contributed by atoms with Gasteiger partial charge in [0.1, 0.15) is 23.9 Å². The van der Waals surface area contributed by atoms with Gasteiger partial charge in [-0.2, -0.15) is 0 Å². The number of carbonyl (C=O) groups is 6. The molecular weight excluding hydrogens is 526 g/mol. The van der Waals surface area contributed by atoms with Crippen LogP contribution in [-0.2, 0) is 41.6 Å². The zero-order chi connectivity index (χ0) is 29.8. The van der Waals surface area contributed by atoms with Gasteiger partial charge in [-0.3, -0.25) is 24.0 Å². The van der Waals surface area contributed by atoms with E-state index in [-0.39, 0.29) is 18.6 Å². The molecule has 40 heavy (non-hydrogen) atoms. The molecule has 4 atom stereocenters. The van der Waals surface area contributed by atoms with Crippen LogP contribution in [0.3, 0.4) is 0 Å². The zero-order valence-electron chi connectivity index (χ0n) is 21.3. The number of amides is 4. The van der Waals surface area contributed by atoms with Crippen molar-refractivity contribution in [2.24, 2.45) is 11.5 Å². The maximum absolute atomic E-state index is 13.1. The number of aromatic hydroxyl groups is 1. The number of hydrogen-bond donors (Lipinski definition) is 8. The largest absolute Gasteiger partial charge is 0.508 e. The number of carbonyl (C=O) groups excluding carboxylic acids is 4. The lowest BCUT2D eigenvalue weighted by atomic mass is 10.0. The summed E-state index contributed by atoms with van der Waals surface area (Å²) in [6.07, 6.45) is -1.68. The number of benzene rings is 2. The van der Waals surface area contributed by atoms with Gasteiger partial charge in [0.25, 0.3) is 0 Å². The molecule has 4 unspecified atom stereocenters. The van der Waals surface area contributed by atoms with Gasteiger partial charge in [0.15, 0.2) is 0 Å². The van der Waals surface area contributed by atoms with Crippen molar-refractivity contribution in [3.05, 3.63) is 65.7 Å². The Bertz CT molecular complexity index is 1220. The van der Waals surface area contributed by atoms with Crippen LogP contribution in [0.4, 0.5) is 0 Å². The number of nitrogens with one attached hydrogen (secondary N) is 3. The van der Waals surface area contributed by atoms with Crippen LogP contribution in [0.1, 0.15) is 24.0 Å². The third-order valence-corrected chi connectivity index (χ3v) is 5.68. The summed E-state index contributed by atoms with van der Waals surface area (Å²) in [6, 6.07) is 8.35. The van der Waals surface area contributed by atoms with Crippen LogP contribution in [0.25, 0.3) is 0 Å². The van der Waals surface area contributed by atoms with Crippen LogP contribution in [-0.4, -0.2) is 75.1 Å². The minimum Gasteiger partial charge on any atom is -0.508 e. The van der Waals surface area contributed by atoms with Gasteiger partial charge < -0.3 is 42.7 Å². The van der Waals surface area contributed by atoms with E-state index in [0.29, 0.717) is 5.56 Å². The molecule has 0 heterocycles. The Hall–Kier alpha value is -4.98. The van der Waals surface area contributed by atoms with Crippen molar-refractivity contribution in [2.75, 3.05) is 0 Å². The molecule has 4 amide bonds. The highest BCUT2D eigenvalue weighted by Gasteiger charge is 2.32. The van der Waals surface area contributed by atoms with Crippen molar-refractivity contribution in [1.29, 1.82) is 0 Å². The first kappa shape index (κ1) is 31.2. The summed E-state index contributed by atoms with van der Waals surface area (Å²) in [5, 5.41) is 34.9. The molecule has 0 bridgehead atoms. The second-order valence-corrected chi connectivity index (χ2v) is 8.96. The lowest BCUT2D eigenvalue weighted by Gasteiger charge is -2.24. The van der Waals surface area contributed by atoms with Gasteiger partial charge in [0, 0.05) is 6.42 Å². The molecule has 10 N–H and O–H groups in total. The first-order valence-corrected chi connectivity index (χ1v) is 12.1. The van der Waals surface area contributed by atoms with Gasteiger partial charge in [0.05, 0.1) is 18.9 Å². The first-order valence-electron chi connectivity index (χ1n) is 12.1. The number of rotatable bonds is 15. The highest BCUT2D eigenvalue weighted by Crippen LogP contribution is 2.12. The Kier molecular flexibility index (Phi) is 11.6. The van der Waals surface area contributed by atoms with Crippen molar-refractivity contribution < 1.29 is 44.1 Å². The lowest BCUT2D eigenvalue weighted by Crippen LogP contribution is -2.58. The monoisotopic (exact) mass is 557 g/mol. The van der Waals surface area contributed by atoms with Crippen LogP contribution in [0.5, 0.6) is 5.75 Å². The Labute approximate surface area is 228 Å². The first-order chi connectivity index (χ1) is 18.8. The van der Waals surface area contributed by atoms with E-state index in [9.17, 15) is 44.1 Å². The molecule has 2 rings (SSSR count). The summed E-state index contributed by atoms with van der Waals surface area (Å²) >= 11 is 0. The summed E-state index contributed by atoms with van der Waals surface area (Å²) in [5.41, 5.74) is 12.2. The van der Waals surface area contributed by atoms with Crippen molar-refractivity contribution in [2.45, 2.75) is 49.9 Å². The number of carboxylic acid groups (broad SMARTS) is 2. The third kappa shape index (κ3) is 10.4. The fourth-order valence-electron chi connectivity index (χ4n) is 3.65. The van der Waals surface area contributed by atoms with Crippen molar-refractivity contribution in [3.63, 3.8) is 0 Å². The molecule has 0 aliphatic carbocycles. The number of carboxylic acids is 2. The Morgan fingerprint density at radius 3 is 1.75 bits per heavy atom. The Balaban J connectivity index is 2.23. The van der Waals surface area contributed by atoms with E-state index < -0.39 is 72.6 Å². The molecule has 0 aliphatic heterocycles. The molecule has 14 nitrogen and oxygen atoms in total. The highest BCUT2D eigenvalue weighted by molar-refractivity contribution is 5.96. The van der Waals surface area contributed by atoms with E-state index >= 15 is 0 Å². The molecule has 0 radical (unpaired) electrons. The highest BCUT2D eigenvalue weighted by atomic mass is 16.4. The summed E-state index contributed by atoms with van der Waals surface area (Å²) in [7, 11) is 0. The van der Waals surface area contributed by atoms with E-state index in [1.807, 2.05) is 0 Å². The van der Waals surface area contributed by atoms with E-state index in [0.717, 1.165) is 5.56 Å². The topological polar surface area (TPSA) is 251 Å². The molecule has 0 spiro atoms. The number of hydrogen-bond acceptors (Lipinski definition) is 8. The minimum atomic E-state index is -1.70. The van der Waals surface area contributed by atoms with E-state index in [4.69, 9.17) is 11.5 Å². The number of phenols is 1. The number of primary amides is 1. The molecule has 214 valence electrons. The van der Waals surface area contributed by atoms with Crippen molar-refractivity contribution in [3.8, 4) is 5.75 Å². The van der Waals surface area contributed by atoms with Crippen molar-refractivity contribution >= 4 is 35.6 Å². The van der Waals surface area contributed by atoms with Gasteiger partial charge in [-0.05, 0) is 29.7 Å². The smallest absolute Gasteiger partial charge is 0.326 e. The number of aliphatic carboxylic acids is 2. The molecule has 0 aromatic heterocycles. The molecule has 0 saturated heterocycles. The molecule has 2 aromatic rings. The van der Waals surface area contributed by atoms with Gasteiger partial charge in [-0.1, -0.05) is 42.5 Å². The van der Waals surface area contributed by atoms with Crippen LogP contribution in [0.2, 0.25) is 0 Å². The fraction of sp³-hybridized carbons (Fsp3) is 0.308. The summed E-state index contributed by atoms with van der Waals surface area (Å²) < 4.78 is 0. The standard InChI is InChI=1S/C26H31N5O9/c27-17(10-14-4-2-1-3-5-14)23(36)29-19(13-22(34)35)25(38)30-18(11-15-6-8-16(32)9-7-15)24(37)31-20(26(39)40)12-21(28)33/h1-9,17-20,32H,10-13,27H2,(H2,28,33)(H,29,36)(H,30,38)(H,31,37)(H,34,35)(H,39,40). The molecular formula is C26H31N5O9. The predicted molar refractivity (Wildman–Crippen MR) is 139 cm³/mol. The summed E-state index contributed by atoms with van der Waals surface area (Å²) in [5.74, 6) is -6.92. The quantitative estimate of drug-likeness (QED) is 0.124. The minimum absolute atomic E-state index is 0.0720. The second-order valence-electron chi connectivity index (χ2n) is 8.96. The lowest BCUT2D eigenvalue weighted by molar-refractivity contribution is -0.144. The molecule has 14 heteroatoms. The number of nitrogens with two attached hydrogens (primary N) is 2. The zero-order valence-corrected chi connectivity index (χ0v) is 21.3. The van der Waals surface area contributed by atoms with Gasteiger partial charge in [-0.15, -0.1) is 0 Å². The third-order valence-electron chi connectivity index (χ3n) is 5.68. The predicted octanol–water partition coefficient (Wildman–Crippen LogP) is -1.61. The van der Waals surface area contributed by atoms with E-state index in [1.165, 1.54) is 24.3 Å². The van der Waals surface area contributed by atoms with Crippen LogP contribution in [0.15, 0.2) is 54.6 Å². The summed E-state index contributed by atoms with van der Waals surface area (Å²) in [6.45, 7) is 0. The van der Waals surface area contributed by atoms with E-state index in [2.05, 4.69) is 16.0 Å². The molecule has 2 aromatic carbocycles. The van der Waals surface area contributed by atoms with Crippen LogP contribution >= 0.6 is 0 Å². The average Bonchev–Trinajstić information content (AvgIpc) is 2.88. The van der Waals surface area contributed by atoms with Gasteiger partial charge in [-0.25, -0.2) is 4.79 Å². The van der Waals surface area contributed by atoms with E-state index in [1.54, 1.807) is 30.3 Å². The SMILES string of the molecule is NC(=O)CC(NC(=O)C(Cc1ccc(O)cc1)NC(=O)C(CC(=O)O)NC(=O)C(N)Cc1ccccc1)C(=O)O. The second kappa shape index (κ2) is 14.8. The fourth-order valence-corrected chi connectivity index (χ4v) is 3.65. The Morgan fingerprint density at radius 1 is 0.675 bits per heavy atom. The van der Waals surface area contributed by atoms with Crippen molar-refractivity contribution in [1.82, 2.24) is 16.0 Å². The van der Waals surface area contributed by atoms with Gasteiger partial charge >= 0.3 is 11.9 Å². The van der Waals surface area contributed by atoms with Gasteiger partial charge in [0.2, 0.25) is 23.6 Å². The molecule has 0 fully saturated rings.